The maximum absolute atomic E-state index is 13.9. The van der Waals surface area contributed by atoms with E-state index < -0.39 is 11.6 Å². The molecule has 7 heteroatoms. The molecule has 0 unspecified atom stereocenters. The summed E-state index contributed by atoms with van der Waals surface area (Å²) >= 11 is 0. The highest BCUT2D eigenvalue weighted by Crippen LogP contribution is 2.38. The van der Waals surface area contributed by atoms with Gasteiger partial charge < -0.3 is 14.8 Å². The van der Waals surface area contributed by atoms with E-state index in [0.29, 0.717) is 11.5 Å². The number of hydrogen-bond donors (Lipinski definition) is 1. The SMILES string of the molecule is CCCCC[C@H]1Cc2cc(OC)c(OC)cc2[C@@H](CC(=O)/C=C/c2ccc(F)cc2F)N1.S. The molecule has 180 valence electrons. The van der Waals surface area contributed by atoms with Crippen molar-refractivity contribution in [3.63, 3.8) is 0 Å². The zero-order valence-corrected chi connectivity index (χ0v) is 20.4. The lowest BCUT2D eigenvalue weighted by Crippen LogP contribution is -2.40. The van der Waals surface area contributed by atoms with Gasteiger partial charge in [-0.15, -0.1) is 0 Å². The van der Waals surface area contributed by atoms with Crippen LogP contribution in [0.4, 0.5) is 8.78 Å². The molecule has 4 nitrogen and oxygen atoms in total. The van der Waals surface area contributed by atoms with E-state index in [9.17, 15) is 13.6 Å². The quantitative estimate of drug-likeness (QED) is 0.342. The number of unbranched alkanes of at least 4 members (excludes halogenated alkanes) is 2. The maximum atomic E-state index is 13.9. The smallest absolute Gasteiger partial charge is 0.161 e. The van der Waals surface area contributed by atoms with Crippen molar-refractivity contribution < 1.29 is 23.0 Å². The molecule has 2 atom stereocenters. The zero-order chi connectivity index (χ0) is 23.1. The molecule has 3 rings (SSSR count). The van der Waals surface area contributed by atoms with Gasteiger partial charge in [0, 0.05) is 30.1 Å². The first-order valence-electron chi connectivity index (χ1n) is 11.1. The molecule has 1 heterocycles. The van der Waals surface area contributed by atoms with E-state index in [2.05, 4.69) is 12.2 Å². The van der Waals surface area contributed by atoms with Crippen molar-refractivity contribution in [3.8, 4) is 11.5 Å². The number of methoxy groups -OCH3 is 2. The Morgan fingerprint density at radius 3 is 2.52 bits per heavy atom. The molecule has 0 aromatic heterocycles. The van der Waals surface area contributed by atoms with Crippen LogP contribution >= 0.6 is 13.5 Å². The van der Waals surface area contributed by atoms with Crippen LogP contribution in [-0.2, 0) is 11.2 Å². The number of ketones is 1. The fraction of sp³-hybridized carbons (Fsp3) is 0.423. The summed E-state index contributed by atoms with van der Waals surface area (Å²) < 4.78 is 37.9. The number of benzene rings is 2. The Labute approximate surface area is 201 Å². The normalized spacial score (nSPS) is 17.4. The summed E-state index contributed by atoms with van der Waals surface area (Å²) in [5.41, 5.74) is 2.35. The Morgan fingerprint density at radius 1 is 1.12 bits per heavy atom. The van der Waals surface area contributed by atoms with Gasteiger partial charge in [0.15, 0.2) is 17.3 Å². The van der Waals surface area contributed by atoms with E-state index in [4.69, 9.17) is 9.47 Å². The number of halogens is 2. The number of allylic oxidation sites excluding steroid dienone is 1. The first-order valence-corrected chi connectivity index (χ1v) is 11.1. The molecule has 33 heavy (non-hydrogen) atoms. The summed E-state index contributed by atoms with van der Waals surface area (Å²) in [7, 11) is 3.21. The van der Waals surface area contributed by atoms with Crippen molar-refractivity contribution in [3.05, 3.63) is 64.7 Å². The van der Waals surface area contributed by atoms with Crippen LogP contribution in [0.2, 0.25) is 0 Å². The lowest BCUT2D eigenvalue weighted by Gasteiger charge is -2.34. The van der Waals surface area contributed by atoms with E-state index in [1.807, 2.05) is 12.1 Å². The standard InChI is InChI=1S/C26H31F2NO3.H2S/c1-4-5-6-7-20-12-18-13-25(31-2)26(32-3)16-22(18)24(29-20)15-21(30)11-9-17-8-10-19(27)14-23(17)28;/h8-11,13-14,16,20,24,29H,4-7,12,15H2,1-3H3;1H2/b11-9+;/t20-,24+;/m0./s1. The molecule has 1 aliphatic rings. The average molecular weight is 478 g/mol. The molecule has 0 bridgehead atoms. The Bertz CT molecular complexity index is 980. The molecule has 1 aliphatic heterocycles. The number of hydrogen-bond acceptors (Lipinski definition) is 4. The summed E-state index contributed by atoms with van der Waals surface area (Å²) in [6, 6.07) is 7.33. The molecule has 0 spiro atoms. The highest BCUT2D eigenvalue weighted by Gasteiger charge is 2.29. The summed E-state index contributed by atoms with van der Waals surface area (Å²) in [5, 5.41) is 3.63. The van der Waals surface area contributed by atoms with Gasteiger partial charge in [0.2, 0.25) is 0 Å². The Morgan fingerprint density at radius 2 is 1.85 bits per heavy atom. The van der Waals surface area contributed by atoms with Crippen molar-refractivity contribution in [1.82, 2.24) is 5.32 Å². The van der Waals surface area contributed by atoms with E-state index in [1.54, 1.807) is 14.2 Å². The lowest BCUT2D eigenvalue weighted by molar-refractivity contribution is -0.115. The summed E-state index contributed by atoms with van der Waals surface area (Å²) in [6.07, 6.45) is 8.33. The monoisotopic (exact) mass is 477 g/mol. The van der Waals surface area contributed by atoms with E-state index in [1.165, 1.54) is 30.7 Å². The third kappa shape index (κ3) is 7.05. The molecule has 2 aromatic rings. The molecule has 0 radical (unpaired) electrons. The predicted molar refractivity (Wildman–Crippen MR) is 132 cm³/mol. The molecule has 0 saturated heterocycles. The Hall–Kier alpha value is -2.38. The van der Waals surface area contributed by atoms with Crippen LogP contribution in [0.1, 0.15) is 61.8 Å². The largest absolute Gasteiger partial charge is 0.493 e. The second-order valence-corrected chi connectivity index (χ2v) is 8.19. The molecular weight excluding hydrogens is 444 g/mol. The highest BCUT2D eigenvalue weighted by molar-refractivity contribution is 7.59. The van der Waals surface area contributed by atoms with E-state index in [-0.39, 0.29) is 43.3 Å². The van der Waals surface area contributed by atoms with Gasteiger partial charge in [0.25, 0.3) is 0 Å². The van der Waals surface area contributed by atoms with Gasteiger partial charge in [-0.1, -0.05) is 26.2 Å². The molecule has 0 amide bonds. The van der Waals surface area contributed by atoms with Gasteiger partial charge in [-0.05, 0) is 60.4 Å². The number of fused-ring (bicyclic) bond motifs is 1. The minimum absolute atomic E-state index is 0. The first-order chi connectivity index (χ1) is 15.4. The number of nitrogens with one attached hydrogen (secondary N) is 1. The molecule has 0 saturated carbocycles. The number of rotatable bonds is 10. The van der Waals surface area contributed by atoms with Crippen LogP contribution in [0, 0.1) is 11.6 Å². The summed E-state index contributed by atoms with van der Waals surface area (Å²) in [6.45, 7) is 2.18. The van der Waals surface area contributed by atoms with Crippen molar-refractivity contribution in [2.24, 2.45) is 0 Å². The van der Waals surface area contributed by atoms with Crippen LogP contribution < -0.4 is 14.8 Å². The third-order valence-electron chi connectivity index (χ3n) is 5.90. The second kappa shape index (κ2) is 12.8. The van der Waals surface area contributed by atoms with Crippen LogP contribution in [-0.4, -0.2) is 26.0 Å². The van der Waals surface area contributed by atoms with Crippen molar-refractivity contribution in [2.75, 3.05) is 14.2 Å². The first kappa shape index (κ1) is 26.9. The highest BCUT2D eigenvalue weighted by atomic mass is 32.1. The molecule has 1 N–H and O–H groups in total. The van der Waals surface area contributed by atoms with Crippen molar-refractivity contribution in [2.45, 2.75) is 57.5 Å². The van der Waals surface area contributed by atoms with Crippen LogP contribution in [0.15, 0.2) is 36.4 Å². The molecular formula is C26H33F2NO3S. The molecule has 0 fully saturated rings. The number of ether oxygens (including phenoxy) is 2. The topological polar surface area (TPSA) is 47.6 Å². The minimum Gasteiger partial charge on any atom is -0.493 e. The average Bonchev–Trinajstić information content (AvgIpc) is 2.77. The lowest BCUT2D eigenvalue weighted by atomic mass is 9.85. The maximum Gasteiger partial charge on any atom is 0.161 e. The zero-order valence-electron chi connectivity index (χ0n) is 19.4. The van der Waals surface area contributed by atoms with Crippen molar-refractivity contribution in [1.29, 1.82) is 0 Å². The van der Waals surface area contributed by atoms with E-state index in [0.717, 1.165) is 42.9 Å². The third-order valence-corrected chi connectivity index (χ3v) is 5.90. The molecule has 0 aliphatic carbocycles. The number of carbonyl (C=O) groups excluding carboxylic acids is 1. The Kier molecular flexibility index (Phi) is 10.4. The predicted octanol–water partition coefficient (Wildman–Crippen LogP) is 5.90. The van der Waals surface area contributed by atoms with Crippen LogP contribution in [0.25, 0.3) is 6.08 Å². The fourth-order valence-corrected chi connectivity index (χ4v) is 4.22. The van der Waals surface area contributed by atoms with Gasteiger partial charge in [0.05, 0.1) is 14.2 Å². The number of carbonyl (C=O) groups is 1. The summed E-state index contributed by atoms with van der Waals surface area (Å²) in [5.74, 6) is -0.173. The van der Waals surface area contributed by atoms with Crippen molar-refractivity contribution >= 4 is 25.4 Å². The Balaban J connectivity index is 0.00000385. The fourth-order valence-electron chi connectivity index (χ4n) is 4.22. The van der Waals surface area contributed by atoms with Crippen LogP contribution in [0.3, 0.4) is 0 Å². The van der Waals surface area contributed by atoms with Gasteiger partial charge >= 0.3 is 0 Å². The minimum atomic E-state index is -0.692. The van der Waals surface area contributed by atoms with Crippen LogP contribution in [0.5, 0.6) is 11.5 Å². The summed E-state index contributed by atoms with van der Waals surface area (Å²) in [4.78, 5) is 12.7. The second-order valence-electron chi connectivity index (χ2n) is 8.19. The van der Waals surface area contributed by atoms with Gasteiger partial charge in [0.1, 0.15) is 11.6 Å². The van der Waals surface area contributed by atoms with Gasteiger partial charge in [-0.25, -0.2) is 8.78 Å². The van der Waals surface area contributed by atoms with Gasteiger partial charge in [-0.3, -0.25) is 4.79 Å². The molecule has 2 aromatic carbocycles. The van der Waals surface area contributed by atoms with Gasteiger partial charge in [-0.2, -0.15) is 13.5 Å². The van der Waals surface area contributed by atoms with E-state index >= 15 is 0 Å².